The lowest BCUT2D eigenvalue weighted by Crippen LogP contribution is -2.43. The third kappa shape index (κ3) is 5.06. The van der Waals surface area contributed by atoms with E-state index >= 15 is 0 Å². The molecule has 1 aliphatic rings. The second-order valence-electron chi connectivity index (χ2n) is 8.57. The predicted octanol–water partition coefficient (Wildman–Crippen LogP) is 5.78. The van der Waals surface area contributed by atoms with Gasteiger partial charge < -0.3 is 4.74 Å². The van der Waals surface area contributed by atoms with Crippen molar-refractivity contribution in [1.82, 2.24) is 10.4 Å². The van der Waals surface area contributed by atoms with Crippen LogP contribution >= 0.6 is 0 Å². The van der Waals surface area contributed by atoms with Crippen LogP contribution in [-0.2, 0) is 4.79 Å². The Morgan fingerprint density at radius 3 is 2.43 bits per heavy atom. The fourth-order valence-corrected chi connectivity index (χ4v) is 3.74. The standard InChI is InChI=1S/C23H29F3N2O2/c1-4-5-6-7-12-30-19-11-10-16-13-18(9-8-17(16)14-19)20(23(24,25)26)28-15-22(2,3)21(29)27-28/h8-11,13-14,20H,4-7,12,15H2,1-3H3,(H,27,29)/t20-/m0/s1. The van der Waals surface area contributed by atoms with Gasteiger partial charge in [0.15, 0.2) is 0 Å². The Labute approximate surface area is 175 Å². The van der Waals surface area contributed by atoms with Crippen LogP contribution in [0.2, 0.25) is 0 Å². The molecule has 0 saturated carbocycles. The number of rotatable bonds is 8. The molecule has 1 fully saturated rings. The summed E-state index contributed by atoms with van der Waals surface area (Å²) >= 11 is 0. The summed E-state index contributed by atoms with van der Waals surface area (Å²) in [6.07, 6.45) is -0.0796. The molecule has 0 bridgehead atoms. The molecular weight excluding hydrogens is 393 g/mol. The molecule has 0 aromatic heterocycles. The van der Waals surface area contributed by atoms with Gasteiger partial charge in [-0.15, -0.1) is 0 Å². The fourth-order valence-electron chi connectivity index (χ4n) is 3.74. The van der Waals surface area contributed by atoms with Crippen molar-refractivity contribution in [3.63, 3.8) is 0 Å². The number of nitrogens with one attached hydrogen (secondary N) is 1. The number of hydrogen-bond acceptors (Lipinski definition) is 3. The van der Waals surface area contributed by atoms with Gasteiger partial charge in [-0.25, -0.2) is 5.01 Å². The lowest BCUT2D eigenvalue weighted by Gasteiger charge is -2.30. The van der Waals surface area contributed by atoms with Gasteiger partial charge in [0.2, 0.25) is 5.91 Å². The molecule has 2 aromatic carbocycles. The predicted molar refractivity (Wildman–Crippen MR) is 111 cm³/mol. The fraction of sp³-hybridized carbons (Fsp3) is 0.522. The third-order valence-corrected chi connectivity index (χ3v) is 5.47. The van der Waals surface area contributed by atoms with Crippen LogP contribution in [-0.4, -0.2) is 30.2 Å². The number of carbonyl (C=O) groups excluding carboxylic acids is 1. The first kappa shape index (κ1) is 22.4. The molecule has 30 heavy (non-hydrogen) atoms. The molecule has 164 valence electrons. The van der Waals surface area contributed by atoms with Crippen LogP contribution in [0, 0.1) is 5.41 Å². The molecule has 1 N–H and O–H groups in total. The summed E-state index contributed by atoms with van der Waals surface area (Å²) in [7, 11) is 0. The van der Waals surface area contributed by atoms with Crippen LogP contribution in [0.25, 0.3) is 10.8 Å². The number of benzene rings is 2. The molecule has 0 aliphatic carbocycles. The van der Waals surface area contributed by atoms with Gasteiger partial charge in [0.25, 0.3) is 0 Å². The van der Waals surface area contributed by atoms with Gasteiger partial charge in [-0.3, -0.25) is 10.2 Å². The normalized spacial score (nSPS) is 17.9. The molecule has 1 saturated heterocycles. The van der Waals surface area contributed by atoms with Crippen LogP contribution in [0.4, 0.5) is 13.2 Å². The molecule has 0 unspecified atom stereocenters. The number of carbonyl (C=O) groups is 1. The highest BCUT2D eigenvalue weighted by Gasteiger charge is 2.51. The zero-order valence-corrected chi connectivity index (χ0v) is 17.7. The van der Waals surface area contributed by atoms with Gasteiger partial charge >= 0.3 is 6.18 Å². The van der Waals surface area contributed by atoms with Gasteiger partial charge in [0.1, 0.15) is 11.8 Å². The molecule has 0 radical (unpaired) electrons. The maximum absolute atomic E-state index is 13.9. The molecule has 1 aliphatic heterocycles. The molecule has 1 heterocycles. The summed E-state index contributed by atoms with van der Waals surface area (Å²) in [6.45, 7) is 6.04. The first-order valence-electron chi connectivity index (χ1n) is 10.4. The average molecular weight is 422 g/mol. The van der Waals surface area contributed by atoms with E-state index in [1.54, 1.807) is 32.0 Å². The number of amides is 1. The molecule has 7 heteroatoms. The van der Waals surface area contributed by atoms with Gasteiger partial charge in [-0.1, -0.05) is 44.4 Å². The molecule has 1 atom stereocenters. The quantitative estimate of drug-likeness (QED) is 0.549. The summed E-state index contributed by atoms with van der Waals surface area (Å²) in [5, 5.41) is 2.51. The number of hydrogen-bond donors (Lipinski definition) is 1. The molecule has 4 nitrogen and oxygen atoms in total. The van der Waals surface area contributed by atoms with Crippen LogP contribution < -0.4 is 10.2 Å². The first-order valence-corrected chi connectivity index (χ1v) is 10.4. The average Bonchev–Trinajstić information content (AvgIpc) is 2.92. The second kappa shape index (κ2) is 8.84. The lowest BCUT2D eigenvalue weighted by molar-refractivity contribution is -0.191. The lowest BCUT2D eigenvalue weighted by atomic mass is 9.93. The Hall–Kier alpha value is -2.28. The number of ether oxygens (including phenoxy) is 1. The Bertz CT molecular complexity index is 896. The van der Waals surface area contributed by atoms with Gasteiger partial charge in [0, 0.05) is 6.54 Å². The largest absolute Gasteiger partial charge is 0.494 e. The summed E-state index contributed by atoms with van der Waals surface area (Å²) in [4.78, 5) is 12.0. The number of fused-ring (bicyclic) bond motifs is 1. The van der Waals surface area contributed by atoms with Crippen LogP contribution in [0.15, 0.2) is 36.4 Å². The van der Waals surface area contributed by atoms with E-state index < -0.39 is 23.5 Å². The number of alkyl halides is 3. The van der Waals surface area contributed by atoms with Crippen LogP contribution in [0.3, 0.4) is 0 Å². The SMILES string of the molecule is CCCCCCOc1ccc2cc([C@H](N3CC(C)(C)C(=O)N3)C(F)(F)F)ccc2c1. The minimum absolute atomic E-state index is 0.0150. The Kier molecular flexibility index (Phi) is 6.60. The van der Waals surface area contributed by atoms with Crippen molar-refractivity contribution in [2.24, 2.45) is 5.41 Å². The molecule has 2 aromatic rings. The van der Waals surface area contributed by atoms with E-state index in [9.17, 15) is 18.0 Å². The topological polar surface area (TPSA) is 41.6 Å². The summed E-state index contributed by atoms with van der Waals surface area (Å²) < 4.78 is 47.5. The van der Waals surface area contributed by atoms with Crippen molar-refractivity contribution in [3.8, 4) is 5.75 Å². The highest BCUT2D eigenvalue weighted by atomic mass is 19.4. The summed E-state index contributed by atoms with van der Waals surface area (Å²) in [6, 6.07) is 8.20. The van der Waals surface area contributed by atoms with E-state index in [-0.39, 0.29) is 12.1 Å². The number of hydrazine groups is 1. The van der Waals surface area contributed by atoms with E-state index in [2.05, 4.69) is 12.3 Å². The zero-order valence-electron chi connectivity index (χ0n) is 17.7. The van der Waals surface area contributed by atoms with Crippen LogP contribution in [0.5, 0.6) is 5.75 Å². The maximum Gasteiger partial charge on any atom is 0.409 e. The third-order valence-electron chi connectivity index (χ3n) is 5.47. The van der Waals surface area contributed by atoms with Crippen molar-refractivity contribution >= 4 is 16.7 Å². The Morgan fingerprint density at radius 2 is 1.80 bits per heavy atom. The van der Waals surface area contributed by atoms with Crippen molar-refractivity contribution in [2.45, 2.75) is 58.7 Å². The first-order chi connectivity index (χ1) is 14.1. The minimum atomic E-state index is -4.52. The zero-order chi connectivity index (χ0) is 21.9. The Morgan fingerprint density at radius 1 is 1.10 bits per heavy atom. The molecule has 3 rings (SSSR count). The summed E-state index contributed by atoms with van der Waals surface area (Å²) in [5.74, 6) is 0.311. The number of nitrogens with zero attached hydrogens (tertiary/aromatic N) is 1. The maximum atomic E-state index is 13.9. The molecule has 1 amide bonds. The molecular formula is C23H29F3N2O2. The van der Waals surface area contributed by atoms with E-state index in [4.69, 9.17) is 4.74 Å². The van der Waals surface area contributed by atoms with Crippen molar-refractivity contribution in [1.29, 1.82) is 0 Å². The summed E-state index contributed by atoms with van der Waals surface area (Å²) in [5.41, 5.74) is 1.63. The van der Waals surface area contributed by atoms with Crippen molar-refractivity contribution in [2.75, 3.05) is 13.2 Å². The minimum Gasteiger partial charge on any atom is -0.494 e. The van der Waals surface area contributed by atoms with Crippen molar-refractivity contribution < 1.29 is 22.7 Å². The Balaban J connectivity index is 1.80. The van der Waals surface area contributed by atoms with E-state index in [1.165, 1.54) is 18.6 Å². The van der Waals surface area contributed by atoms with E-state index in [0.717, 1.165) is 29.7 Å². The van der Waals surface area contributed by atoms with Gasteiger partial charge in [-0.05, 0) is 54.8 Å². The second-order valence-corrected chi connectivity index (χ2v) is 8.57. The highest BCUT2D eigenvalue weighted by molar-refractivity contribution is 5.85. The number of unbranched alkanes of at least 4 members (excludes halogenated alkanes) is 3. The van der Waals surface area contributed by atoms with Gasteiger partial charge in [0.05, 0.1) is 12.0 Å². The van der Waals surface area contributed by atoms with Crippen molar-refractivity contribution in [3.05, 3.63) is 42.0 Å². The monoisotopic (exact) mass is 422 g/mol. The highest BCUT2D eigenvalue weighted by Crippen LogP contribution is 2.41. The van der Waals surface area contributed by atoms with E-state index in [0.29, 0.717) is 17.7 Å². The van der Waals surface area contributed by atoms with E-state index in [1.807, 2.05) is 6.07 Å². The molecule has 0 spiro atoms. The van der Waals surface area contributed by atoms with Gasteiger partial charge in [-0.2, -0.15) is 13.2 Å². The smallest absolute Gasteiger partial charge is 0.409 e. The number of halogens is 3. The van der Waals surface area contributed by atoms with Crippen LogP contribution in [0.1, 0.15) is 58.1 Å².